The Kier molecular flexibility index (Phi) is 6.16. The van der Waals surface area contributed by atoms with Crippen LogP contribution in [0.15, 0.2) is 52.4 Å². The summed E-state index contributed by atoms with van der Waals surface area (Å²) in [5.41, 5.74) is 3.74. The molecule has 0 bridgehead atoms. The number of nitrogens with zero attached hydrogens (tertiary/aromatic N) is 3. The Morgan fingerprint density at radius 1 is 1.14 bits per heavy atom. The number of thioether (sulfide) groups is 1. The van der Waals surface area contributed by atoms with E-state index in [9.17, 15) is 4.79 Å². The van der Waals surface area contributed by atoms with Crippen LogP contribution in [-0.2, 0) is 4.79 Å². The van der Waals surface area contributed by atoms with Crippen LogP contribution >= 0.6 is 23.4 Å². The van der Waals surface area contributed by atoms with Gasteiger partial charge in [0.2, 0.25) is 0 Å². The van der Waals surface area contributed by atoms with Gasteiger partial charge in [-0.3, -0.25) is 14.7 Å². The first kappa shape index (κ1) is 20.5. The molecule has 1 aliphatic rings. The predicted octanol–water partition coefficient (Wildman–Crippen LogP) is 5.60. The molecule has 0 unspecified atom stereocenters. The van der Waals surface area contributed by atoms with Gasteiger partial charge in [0.15, 0.2) is 5.17 Å². The first-order valence-electron chi connectivity index (χ1n) is 9.12. The molecular weight excluding hydrogens is 390 g/mol. The number of amides is 1. The van der Waals surface area contributed by atoms with Crippen molar-refractivity contribution in [3.63, 3.8) is 0 Å². The Morgan fingerprint density at radius 2 is 1.82 bits per heavy atom. The zero-order chi connectivity index (χ0) is 20.4. The van der Waals surface area contributed by atoms with Crippen LogP contribution in [-0.4, -0.2) is 31.2 Å². The number of halogens is 1. The van der Waals surface area contributed by atoms with Crippen LogP contribution in [0.2, 0.25) is 5.02 Å². The van der Waals surface area contributed by atoms with E-state index in [1.54, 1.807) is 4.90 Å². The molecule has 0 aliphatic carbocycles. The summed E-state index contributed by atoms with van der Waals surface area (Å²) in [5, 5.41) is 1.32. The molecule has 2 aromatic rings. The van der Waals surface area contributed by atoms with Crippen molar-refractivity contribution in [1.29, 1.82) is 0 Å². The molecule has 0 aromatic heterocycles. The quantitative estimate of drug-likeness (QED) is 0.612. The molecule has 0 N–H and O–H groups in total. The fourth-order valence-corrected chi connectivity index (χ4v) is 4.13. The van der Waals surface area contributed by atoms with Crippen molar-refractivity contribution >= 4 is 51.9 Å². The highest BCUT2D eigenvalue weighted by Crippen LogP contribution is 2.39. The molecule has 3 rings (SSSR count). The number of anilines is 2. The molecular formula is C22H24ClN3OS. The predicted molar refractivity (Wildman–Crippen MR) is 123 cm³/mol. The third kappa shape index (κ3) is 4.26. The van der Waals surface area contributed by atoms with Crippen molar-refractivity contribution < 1.29 is 4.79 Å². The van der Waals surface area contributed by atoms with E-state index in [1.165, 1.54) is 11.8 Å². The van der Waals surface area contributed by atoms with Gasteiger partial charge in [0.05, 0.1) is 10.6 Å². The Balaban J connectivity index is 2.01. The zero-order valence-electron chi connectivity index (χ0n) is 16.7. The van der Waals surface area contributed by atoms with E-state index in [1.807, 2.05) is 88.3 Å². The van der Waals surface area contributed by atoms with Crippen molar-refractivity contribution in [1.82, 2.24) is 0 Å². The minimum atomic E-state index is -0.0774. The lowest BCUT2D eigenvalue weighted by Gasteiger charge is -2.19. The number of amidine groups is 1. The zero-order valence-corrected chi connectivity index (χ0v) is 18.3. The highest BCUT2D eigenvalue weighted by atomic mass is 35.5. The summed E-state index contributed by atoms with van der Waals surface area (Å²) in [6.07, 6.45) is 1.92. The molecule has 1 heterocycles. The van der Waals surface area contributed by atoms with Crippen LogP contribution in [0.25, 0.3) is 6.08 Å². The van der Waals surface area contributed by atoms with Crippen molar-refractivity contribution in [3.8, 4) is 0 Å². The molecule has 1 aliphatic heterocycles. The Labute approximate surface area is 175 Å². The largest absolute Gasteiger partial charge is 0.378 e. The van der Waals surface area contributed by atoms with E-state index in [0.717, 1.165) is 22.5 Å². The lowest BCUT2D eigenvalue weighted by Crippen LogP contribution is -2.30. The summed E-state index contributed by atoms with van der Waals surface area (Å²) in [7, 11) is 4.01. The molecule has 0 saturated carbocycles. The summed E-state index contributed by atoms with van der Waals surface area (Å²) in [6.45, 7) is 5.93. The molecule has 1 saturated heterocycles. The van der Waals surface area contributed by atoms with Crippen LogP contribution in [0.4, 0.5) is 11.4 Å². The van der Waals surface area contributed by atoms with E-state index in [-0.39, 0.29) is 11.9 Å². The maximum atomic E-state index is 13.2. The second-order valence-corrected chi connectivity index (χ2v) is 8.54. The summed E-state index contributed by atoms with van der Waals surface area (Å²) in [4.78, 5) is 22.3. The van der Waals surface area contributed by atoms with Gasteiger partial charge in [-0.1, -0.05) is 29.8 Å². The fraction of sp³-hybridized carbons (Fsp3) is 0.273. The molecule has 0 radical (unpaired) electrons. The van der Waals surface area contributed by atoms with Crippen LogP contribution in [0, 0.1) is 6.92 Å². The monoisotopic (exact) mass is 413 g/mol. The Hall–Kier alpha value is -2.24. The van der Waals surface area contributed by atoms with Gasteiger partial charge >= 0.3 is 0 Å². The Morgan fingerprint density at radius 3 is 2.43 bits per heavy atom. The van der Waals surface area contributed by atoms with Crippen molar-refractivity contribution in [2.45, 2.75) is 26.8 Å². The van der Waals surface area contributed by atoms with E-state index in [0.29, 0.717) is 15.1 Å². The minimum absolute atomic E-state index is 0.0774. The summed E-state index contributed by atoms with van der Waals surface area (Å²) in [6, 6.07) is 13.8. The van der Waals surface area contributed by atoms with Gasteiger partial charge < -0.3 is 4.90 Å². The number of hydrogen-bond acceptors (Lipinski definition) is 4. The van der Waals surface area contributed by atoms with E-state index in [4.69, 9.17) is 11.6 Å². The van der Waals surface area contributed by atoms with Crippen molar-refractivity contribution in [2.24, 2.45) is 4.99 Å². The second-order valence-electron chi connectivity index (χ2n) is 7.13. The number of rotatable bonds is 4. The number of carbonyl (C=O) groups is 1. The van der Waals surface area contributed by atoms with Gasteiger partial charge in [0.25, 0.3) is 5.91 Å². The van der Waals surface area contributed by atoms with E-state index >= 15 is 0 Å². The topological polar surface area (TPSA) is 35.9 Å². The van der Waals surface area contributed by atoms with Crippen LogP contribution in [0.3, 0.4) is 0 Å². The van der Waals surface area contributed by atoms with Gasteiger partial charge in [-0.25, -0.2) is 0 Å². The van der Waals surface area contributed by atoms with Crippen LogP contribution < -0.4 is 9.80 Å². The standard InChI is InChI=1S/C22H24ClN3OS/c1-14(2)24-22-26(19-8-6-7-18(23)15(19)3)21(27)20(28-22)13-16-9-11-17(12-10-16)25(4)5/h6-14H,1-5H3/b20-13-,24-22?. The molecule has 28 heavy (non-hydrogen) atoms. The van der Waals surface area contributed by atoms with E-state index in [2.05, 4.69) is 4.99 Å². The third-order valence-corrected chi connectivity index (χ3v) is 5.75. The van der Waals surface area contributed by atoms with Crippen molar-refractivity contribution in [3.05, 3.63) is 63.5 Å². The molecule has 0 spiro atoms. The second kappa shape index (κ2) is 8.41. The molecule has 6 heteroatoms. The third-order valence-electron chi connectivity index (χ3n) is 4.36. The molecule has 2 aromatic carbocycles. The van der Waals surface area contributed by atoms with Gasteiger partial charge in [0, 0.05) is 30.8 Å². The maximum Gasteiger partial charge on any atom is 0.271 e. The van der Waals surface area contributed by atoms with Crippen LogP contribution in [0.5, 0.6) is 0 Å². The number of carbonyl (C=O) groups excluding carboxylic acids is 1. The van der Waals surface area contributed by atoms with Gasteiger partial charge in [-0.2, -0.15) is 0 Å². The molecule has 1 fully saturated rings. The summed E-state index contributed by atoms with van der Waals surface area (Å²) < 4.78 is 0. The number of benzene rings is 2. The van der Waals surface area contributed by atoms with Crippen LogP contribution in [0.1, 0.15) is 25.0 Å². The smallest absolute Gasteiger partial charge is 0.271 e. The minimum Gasteiger partial charge on any atom is -0.378 e. The average molecular weight is 414 g/mol. The van der Waals surface area contributed by atoms with Gasteiger partial charge in [0.1, 0.15) is 0 Å². The highest BCUT2D eigenvalue weighted by Gasteiger charge is 2.35. The van der Waals surface area contributed by atoms with E-state index < -0.39 is 0 Å². The van der Waals surface area contributed by atoms with Gasteiger partial charge in [-0.05, 0) is 74.0 Å². The molecule has 0 atom stereocenters. The normalized spacial score (nSPS) is 17.2. The maximum absolute atomic E-state index is 13.2. The first-order valence-corrected chi connectivity index (χ1v) is 10.3. The SMILES string of the molecule is Cc1c(Cl)cccc1N1C(=O)/C(=C/c2ccc(N(C)C)cc2)SC1=NC(C)C. The number of aliphatic imine (C=N–C) groups is 1. The molecule has 4 nitrogen and oxygen atoms in total. The van der Waals surface area contributed by atoms with Crippen molar-refractivity contribution in [2.75, 3.05) is 23.9 Å². The van der Waals surface area contributed by atoms with Gasteiger partial charge in [-0.15, -0.1) is 0 Å². The summed E-state index contributed by atoms with van der Waals surface area (Å²) >= 11 is 7.70. The fourth-order valence-electron chi connectivity index (χ4n) is 2.85. The lowest BCUT2D eigenvalue weighted by molar-refractivity contribution is -0.113. The lowest BCUT2D eigenvalue weighted by atomic mass is 10.1. The first-order chi connectivity index (χ1) is 13.3. The number of hydrogen-bond donors (Lipinski definition) is 0. The molecule has 146 valence electrons. The molecule has 1 amide bonds. The highest BCUT2D eigenvalue weighted by molar-refractivity contribution is 8.19. The Bertz CT molecular complexity index is 949. The summed E-state index contributed by atoms with van der Waals surface area (Å²) in [5.74, 6) is -0.0774. The average Bonchev–Trinajstić information content (AvgIpc) is 2.92.